The lowest BCUT2D eigenvalue weighted by molar-refractivity contribution is 0.0298. The van der Waals surface area contributed by atoms with Gasteiger partial charge in [0.15, 0.2) is 0 Å². The second-order valence-electron chi connectivity index (χ2n) is 7.47. The van der Waals surface area contributed by atoms with Crippen LogP contribution < -0.4 is 10.1 Å². The maximum absolute atomic E-state index is 10.2. The third-order valence-corrected chi connectivity index (χ3v) is 5.17. The van der Waals surface area contributed by atoms with Crippen molar-refractivity contribution >= 4 is 10.8 Å². The van der Waals surface area contributed by atoms with Crippen LogP contribution >= 0.6 is 0 Å². The van der Waals surface area contributed by atoms with E-state index >= 15 is 0 Å². The molecule has 0 spiro atoms. The molecule has 0 unspecified atom stereocenters. The van der Waals surface area contributed by atoms with E-state index in [2.05, 4.69) is 60.5 Å². The van der Waals surface area contributed by atoms with E-state index < -0.39 is 0 Å². The van der Waals surface area contributed by atoms with Crippen LogP contribution in [-0.2, 0) is 0 Å². The largest absolute Gasteiger partial charge is 0.494 e. The van der Waals surface area contributed by atoms with Crippen molar-refractivity contribution in [3.63, 3.8) is 0 Å². The summed E-state index contributed by atoms with van der Waals surface area (Å²) in [4.78, 5) is 2.50. The van der Waals surface area contributed by atoms with Crippen LogP contribution in [0.5, 0.6) is 5.75 Å². The van der Waals surface area contributed by atoms with Crippen LogP contribution in [0, 0.1) is 5.41 Å². The number of aliphatic hydroxyl groups excluding tert-OH is 1. The van der Waals surface area contributed by atoms with Crippen LogP contribution in [0.25, 0.3) is 10.8 Å². The Balaban J connectivity index is 2.21. The third kappa shape index (κ3) is 3.66. The van der Waals surface area contributed by atoms with Gasteiger partial charge in [0.05, 0.1) is 6.61 Å². The van der Waals surface area contributed by atoms with E-state index in [4.69, 9.17) is 4.74 Å². The first-order valence-corrected chi connectivity index (χ1v) is 9.28. The van der Waals surface area contributed by atoms with Crippen LogP contribution in [0.2, 0.25) is 0 Å². The molecule has 1 aliphatic heterocycles. The Morgan fingerprint density at radius 3 is 2.56 bits per heavy atom. The predicted molar refractivity (Wildman–Crippen MR) is 103 cm³/mol. The number of piperazine rings is 1. The molecule has 1 saturated heterocycles. The molecule has 0 amide bonds. The van der Waals surface area contributed by atoms with E-state index in [0.29, 0.717) is 6.61 Å². The van der Waals surface area contributed by atoms with Crippen LogP contribution in [-0.4, -0.2) is 49.4 Å². The highest BCUT2D eigenvalue weighted by molar-refractivity contribution is 5.88. The Morgan fingerprint density at radius 1 is 1.16 bits per heavy atom. The number of nitrogens with one attached hydrogen (secondary N) is 1. The second-order valence-corrected chi connectivity index (χ2v) is 7.47. The van der Waals surface area contributed by atoms with Crippen LogP contribution in [0.4, 0.5) is 0 Å². The predicted octanol–water partition coefficient (Wildman–Crippen LogP) is 3.20. The average Bonchev–Trinajstić information content (AvgIpc) is 2.64. The van der Waals surface area contributed by atoms with Crippen molar-refractivity contribution in [1.82, 2.24) is 10.2 Å². The van der Waals surface area contributed by atoms with Gasteiger partial charge >= 0.3 is 0 Å². The molecule has 3 rings (SSSR count). The van der Waals surface area contributed by atoms with Gasteiger partial charge in [0.25, 0.3) is 0 Å². The molecule has 4 heteroatoms. The van der Waals surface area contributed by atoms with Crippen molar-refractivity contribution in [2.45, 2.75) is 26.8 Å². The normalized spacial score (nSPS) is 17.6. The number of rotatable bonds is 6. The molecule has 136 valence electrons. The summed E-state index contributed by atoms with van der Waals surface area (Å²) in [5.74, 6) is 0.936. The van der Waals surface area contributed by atoms with E-state index in [1.165, 1.54) is 16.3 Å². The molecule has 0 aromatic heterocycles. The lowest BCUT2D eigenvalue weighted by Crippen LogP contribution is -2.49. The van der Waals surface area contributed by atoms with Gasteiger partial charge in [-0.25, -0.2) is 0 Å². The van der Waals surface area contributed by atoms with Gasteiger partial charge in [0.1, 0.15) is 5.75 Å². The SMILES string of the molecule is CCOc1ccc2ccccc2c1[C@@H](N1CCNCC1)C(C)(C)CO. The Kier molecular flexibility index (Phi) is 5.62. The summed E-state index contributed by atoms with van der Waals surface area (Å²) in [6.07, 6.45) is 0. The molecule has 2 aromatic carbocycles. The first-order chi connectivity index (χ1) is 12.1. The zero-order chi connectivity index (χ0) is 17.9. The van der Waals surface area contributed by atoms with Gasteiger partial charge in [0.2, 0.25) is 0 Å². The standard InChI is InChI=1S/C21H30N2O2/c1-4-25-18-10-9-16-7-5-6-8-17(16)19(18)20(21(2,3)15-24)23-13-11-22-12-14-23/h5-10,20,22,24H,4,11-15H2,1-3H3/t20-/m1/s1. The second kappa shape index (κ2) is 7.73. The molecule has 2 N–H and O–H groups in total. The first kappa shape index (κ1) is 18.2. The highest BCUT2D eigenvalue weighted by Gasteiger charge is 2.38. The summed E-state index contributed by atoms with van der Waals surface area (Å²) < 4.78 is 6.03. The Morgan fingerprint density at radius 2 is 1.88 bits per heavy atom. The van der Waals surface area contributed by atoms with Crippen LogP contribution in [0.3, 0.4) is 0 Å². The zero-order valence-corrected chi connectivity index (χ0v) is 15.6. The van der Waals surface area contributed by atoms with E-state index in [1.807, 2.05) is 6.92 Å². The summed E-state index contributed by atoms with van der Waals surface area (Å²) in [7, 11) is 0. The fourth-order valence-corrected chi connectivity index (χ4v) is 3.93. The summed E-state index contributed by atoms with van der Waals surface area (Å²) in [6, 6.07) is 12.8. The third-order valence-electron chi connectivity index (χ3n) is 5.17. The topological polar surface area (TPSA) is 44.7 Å². The molecule has 25 heavy (non-hydrogen) atoms. The molecule has 1 aliphatic rings. The van der Waals surface area contributed by atoms with Gasteiger partial charge < -0.3 is 15.2 Å². The molecule has 4 nitrogen and oxygen atoms in total. The molecular formula is C21H30N2O2. The van der Waals surface area contributed by atoms with E-state index in [1.54, 1.807) is 0 Å². The fraction of sp³-hybridized carbons (Fsp3) is 0.524. The number of fused-ring (bicyclic) bond motifs is 1. The van der Waals surface area contributed by atoms with Crippen molar-refractivity contribution in [3.8, 4) is 5.75 Å². The molecule has 1 fully saturated rings. The molecule has 1 heterocycles. The zero-order valence-electron chi connectivity index (χ0n) is 15.6. The van der Waals surface area contributed by atoms with Crippen molar-refractivity contribution in [2.75, 3.05) is 39.4 Å². The quantitative estimate of drug-likeness (QED) is 0.846. The van der Waals surface area contributed by atoms with Crippen LogP contribution in [0.1, 0.15) is 32.4 Å². The number of nitrogens with zero attached hydrogens (tertiary/aromatic N) is 1. The molecule has 0 aliphatic carbocycles. The summed E-state index contributed by atoms with van der Waals surface area (Å²) in [5, 5.41) is 16.0. The number of ether oxygens (including phenoxy) is 1. The molecular weight excluding hydrogens is 312 g/mol. The lowest BCUT2D eigenvalue weighted by atomic mass is 9.78. The lowest BCUT2D eigenvalue weighted by Gasteiger charge is -2.44. The highest BCUT2D eigenvalue weighted by Crippen LogP contribution is 2.45. The number of hydrogen-bond donors (Lipinski definition) is 2. The van der Waals surface area contributed by atoms with E-state index in [9.17, 15) is 5.11 Å². The molecule has 2 aromatic rings. The maximum Gasteiger partial charge on any atom is 0.124 e. The molecule has 0 radical (unpaired) electrons. The fourth-order valence-electron chi connectivity index (χ4n) is 3.93. The number of aliphatic hydroxyl groups is 1. The van der Waals surface area contributed by atoms with E-state index in [0.717, 1.165) is 31.9 Å². The minimum atomic E-state index is -0.271. The smallest absolute Gasteiger partial charge is 0.124 e. The van der Waals surface area contributed by atoms with Gasteiger partial charge in [0, 0.05) is 49.8 Å². The van der Waals surface area contributed by atoms with Gasteiger partial charge in [-0.1, -0.05) is 44.2 Å². The van der Waals surface area contributed by atoms with Crippen molar-refractivity contribution in [2.24, 2.45) is 5.41 Å². The minimum Gasteiger partial charge on any atom is -0.494 e. The van der Waals surface area contributed by atoms with Crippen molar-refractivity contribution in [1.29, 1.82) is 0 Å². The number of hydrogen-bond acceptors (Lipinski definition) is 4. The Labute approximate surface area is 150 Å². The Hall–Kier alpha value is -1.62. The first-order valence-electron chi connectivity index (χ1n) is 9.28. The van der Waals surface area contributed by atoms with Crippen molar-refractivity contribution in [3.05, 3.63) is 42.0 Å². The average molecular weight is 342 g/mol. The monoisotopic (exact) mass is 342 g/mol. The van der Waals surface area contributed by atoms with Gasteiger partial charge in [-0.2, -0.15) is 0 Å². The maximum atomic E-state index is 10.2. The summed E-state index contributed by atoms with van der Waals surface area (Å²) in [5.41, 5.74) is 0.939. The van der Waals surface area contributed by atoms with E-state index in [-0.39, 0.29) is 18.1 Å². The van der Waals surface area contributed by atoms with Gasteiger partial charge in [-0.3, -0.25) is 4.90 Å². The van der Waals surface area contributed by atoms with Gasteiger partial charge in [-0.15, -0.1) is 0 Å². The van der Waals surface area contributed by atoms with Crippen molar-refractivity contribution < 1.29 is 9.84 Å². The summed E-state index contributed by atoms with van der Waals surface area (Å²) in [6.45, 7) is 11.0. The highest BCUT2D eigenvalue weighted by atomic mass is 16.5. The molecule has 0 bridgehead atoms. The molecule has 1 atom stereocenters. The Bertz CT molecular complexity index is 708. The molecule has 0 saturated carbocycles. The van der Waals surface area contributed by atoms with Crippen LogP contribution in [0.15, 0.2) is 36.4 Å². The minimum absolute atomic E-state index is 0.104. The van der Waals surface area contributed by atoms with Gasteiger partial charge in [-0.05, 0) is 23.8 Å². The number of benzene rings is 2. The summed E-state index contributed by atoms with van der Waals surface area (Å²) >= 11 is 0.